The van der Waals surface area contributed by atoms with Gasteiger partial charge in [0.1, 0.15) is 5.78 Å². The van der Waals surface area contributed by atoms with Gasteiger partial charge in [0.15, 0.2) is 0 Å². The molecule has 0 aromatic heterocycles. The fourth-order valence-electron chi connectivity index (χ4n) is 2.89. The van der Waals surface area contributed by atoms with Gasteiger partial charge in [-0.05, 0) is 24.3 Å². The Morgan fingerprint density at radius 2 is 1.72 bits per heavy atom. The van der Waals surface area contributed by atoms with E-state index in [0.717, 1.165) is 31.6 Å². The zero-order valence-electron chi connectivity index (χ0n) is 11.2. The summed E-state index contributed by atoms with van der Waals surface area (Å²) in [6.45, 7) is 0. The Morgan fingerprint density at radius 3 is 2.44 bits per heavy atom. The molecule has 1 saturated carbocycles. The Bertz CT molecular complexity index is 349. The van der Waals surface area contributed by atoms with Gasteiger partial charge >= 0.3 is 0 Å². The monoisotopic (exact) mass is 244 g/mol. The first-order valence-corrected chi connectivity index (χ1v) is 7.40. The molecule has 98 valence electrons. The van der Waals surface area contributed by atoms with Crippen LogP contribution in [-0.4, -0.2) is 5.78 Å². The normalized spacial score (nSPS) is 16.7. The van der Waals surface area contributed by atoms with Gasteiger partial charge in [0.25, 0.3) is 0 Å². The van der Waals surface area contributed by atoms with E-state index < -0.39 is 0 Å². The molecular formula is C17H24O. The van der Waals surface area contributed by atoms with Crippen molar-refractivity contribution in [3.8, 4) is 0 Å². The molecule has 1 fully saturated rings. The van der Waals surface area contributed by atoms with E-state index in [1.807, 2.05) is 18.2 Å². The molecule has 1 aliphatic rings. The third-order valence-electron chi connectivity index (χ3n) is 4.09. The maximum atomic E-state index is 11.9. The number of rotatable bonds is 6. The van der Waals surface area contributed by atoms with Crippen LogP contribution in [0.3, 0.4) is 0 Å². The summed E-state index contributed by atoms with van der Waals surface area (Å²) in [4.78, 5) is 11.9. The van der Waals surface area contributed by atoms with Crippen LogP contribution in [0.4, 0.5) is 0 Å². The number of carbonyl (C=O) groups is 1. The smallest absolute Gasteiger partial charge is 0.133 e. The third-order valence-corrected chi connectivity index (χ3v) is 4.09. The summed E-state index contributed by atoms with van der Waals surface area (Å²) in [6, 6.07) is 10.3. The van der Waals surface area contributed by atoms with Crippen molar-refractivity contribution in [2.45, 2.75) is 57.8 Å². The van der Waals surface area contributed by atoms with Crippen LogP contribution in [0.15, 0.2) is 30.3 Å². The number of hydrogen-bond donors (Lipinski definition) is 0. The lowest BCUT2D eigenvalue weighted by molar-refractivity contribution is -0.119. The van der Waals surface area contributed by atoms with Crippen LogP contribution in [0, 0.1) is 5.92 Å². The highest BCUT2D eigenvalue weighted by Crippen LogP contribution is 2.27. The quantitative estimate of drug-likeness (QED) is 0.717. The average molecular weight is 244 g/mol. The lowest BCUT2D eigenvalue weighted by atomic mass is 9.85. The molecule has 1 heteroatoms. The molecule has 18 heavy (non-hydrogen) atoms. The first-order chi connectivity index (χ1) is 8.84. The molecule has 0 atom stereocenters. The van der Waals surface area contributed by atoms with Crippen LogP contribution >= 0.6 is 0 Å². The van der Waals surface area contributed by atoms with Gasteiger partial charge in [-0.25, -0.2) is 0 Å². The van der Waals surface area contributed by atoms with Crippen LogP contribution in [0.25, 0.3) is 0 Å². The lowest BCUT2D eigenvalue weighted by Crippen LogP contribution is -2.09. The van der Waals surface area contributed by atoms with Crippen LogP contribution < -0.4 is 0 Å². The minimum absolute atomic E-state index is 0.449. The van der Waals surface area contributed by atoms with E-state index in [-0.39, 0.29) is 0 Å². The van der Waals surface area contributed by atoms with Crippen molar-refractivity contribution in [1.29, 1.82) is 0 Å². The highest BCUT2D eigenvalue weighted by atomic mass is 16.1. The summed E-state index contributed by atoms with van der Waals surface area (Å²) in [5.74, 6) is 1.28. The van der Waals surface area contributed by atoms with Gasteiger partial charge in [0, 0.05) is 12.8 Å². The number of benzene rings is 1. The molecule has 0 heterocycles. The number of hydrogen-bond acceptors (Lipinski definition) is 1. The van der Waals surface area contributed by atoms with Gasteiger partial charge in [-0.15, -0.1) is 0 Å². The predicted octanol–water partition coefficient (Wildman–Crippen LogP) is 4.55. The van der Waals surface area contributed by atoms with Crippen LogP contribution in [0.1, 0.15) is 56.9 Å². The average Bonchev–Trinajstić information content (AvgIpc) is 2.45. The maximum absolute atomic E-state index is 11.9. The summed E-state index contributed by atoms with van der Waals surface area (Å²) in [6.07, 6.45) is 10.4. The zero-order valence-corrected chi connectivity index (χ0v) is 11.2. The van der Waals surface area contributed by atoms with Crippen molar-refractivity contribution in [2.75, 3.05) is 0 Å². The molecule has 0 radical (unpaired) electrons. The first kappa shape index (κ1) is 13.3. The van der Waals surface area contributed by atoms with Crippen molar-refractivity contribution >= 4 is 5.78 Å². The second-order valence-corrected chi connectivity index (χ2v) is 5.57. The fraction of sp³-hybridized carbons (Fsp3) is 0.588. The lowest BCUT2D eigenvalue weighted by Gasteiger charge is -2.20. The molecule has 2 rings (SSSR count). The van der Waals surface area contributed by atoms with Crippen LogP contribution in [0.5, 0.6) is 0 Å². The van der Waals surface area contributed by atoms with E-state index in [9.17, 15) is 4.79 Å². The Kier molecular flexibility index (Phi) is 5.44. The van der Waals surface area contributed by atoms with Gasteiger partial charge in [-0.1, -0.05) is 62.4 Å². The van der Waals surface area contributed by atoms with E-state index in [2.05, 4.69) is 12.1 Å². The Balaban J connectivity index is 1.63. The molecule has 0 spiro atoms. The number of carbonyl (C=O) groups excluding carboxylic acids is 1. The number of ketones is 1. The first-order valence-electron chi connectivity index (χ1n) is 7.40. The Hall–Kier alpha value is -1.11. The van der Waals surface area contributed by atoms with Crippen LogP contribution in [0.2, 0.25) is 0 Å². The molecule has 1 aromatic rings. The molecule has 0 aliphatic heterocycles. The Morgan fingerprint density at radius 1 is 1.00 bits per heavy atom. The number of aryl methyl sites for hydroxylation is 1. The standard InChI is InChI=1S/C17H24O/c18-17(13-11-15-7-3-1-4-8-15)14-12-16-9-5-2-6-10-16/h1,3-4,7-8,16H,2,5-6,9-14H2. The van der Waals surface area contributed by atoms with E-state index in [4.69, 9.17) is 0 Å². The molecular weight excluding hydrogens is 220 g/mol. The van der Waals surface area contributed by atoms with Crippen molar-refractivity contribution in [2.24, 2.45) is 5.92 Å². The molecule has 1 aliphatic carbocycles. The number of Topliss-reactive ketones (excluding diaryl/α,β-unsaturated/α-hetero) is 1. The topological polar surface area (TPSA) is 17.1 Å². The highest BCUT2D eigenvalue weighted by Gasteiger charge is 2.14. The summed E-state index contributed by atoms with van der Waals surface area (Å²) in [5.41, 5.74) is 1.28. The minimum atomic E-state index is 0.449. The molecule has 1 aromatic carbocycles. The highest BCUT2D eigenvalue weighted by molar-refractivity contribution is 5.78. The predicted molar refractivity (Wildman–Crippen MR) is 75.6 cm³/mol. The SMILES string of the molecule is O=C(CCc1ccccc1)CCC1CCCCC1. The summed E-state index contributed by atoms with van der Waals surface area (Å²) in [7, 11) is 0. The van der Waals surface area contributed by atoms with E-state index in [0.29, 0.717) is 5.78 Å². The summed E-state index contributed by atoms with van der Waals surface area (Å²) >= 11 is 0. The van der Waals surface area contributed by atoms with E-state index in [1.54, 1.807) is 0 Å². The van der Waals surface area contributed by atoms with Gasteiger partial charge in [-0.2, -0.15) is 0 Å². The Labute approximate surface area is 111 Å². The van der Waals surface area contributed by atoms with E-state index >= 15 is 0 Å². The van der Waals surface area contributed by atoms with Gasteiger partial charge < -0.3 is 0 Å². The second kappa shape index (κ2) is 7.35. The van der Waals surface area contributed by atoms with Crippen molar-refractivity contribution in [3.05, 3.63) is 35.9 Å². The molecule has 0 bridgehead atoms. The zero-order chi connectivity index (χ0) is 12.6. The maximum Gasteiger partial charge on any atom is 0.133 e. The second-order valence-electron chi connectivity index (χ2n) is 5.57. The van der Waals surface area contributed by atoms with Gasteiger partial charge in [-0.3, -0.25) is 4.79 Å². The largest absolute Gasteiger partial charge is 0.300 e. The van der Waals surface area contributed by atoms with Crippen LogP contribution in [-0.2, 0) is 11.2 Å². The van der Waals surface area contributed by atoms with Crippen molar-refractivity contribution < 1.29 is 4.79 Å². The molecule has 0 N–H and O–H groups in total. The summed E-state index contributed by atoms with van der Waals surface area (Å²) < 4.78 is 0. The molecule has 0 saturated heterocycles. The molecule has 0 amide bonds. The minimum Gasteiger partial charge on any atom is -0.300 e. The third kappa shape index (κ3) is 4.64. The summed E-state index contributed by atoms with van der Waals surface area (Å²) in [5, 5.41) is 0. The van der Waals surface area contributed by atoms with Gasteiger partial charge in [0.2, 0.25) is 0 Å². The molecule has 1 nitrogen and oxygen atoms in total. The fourth-order valence-corrected chi connectivity index (χ4v) is 2.89. The van der Waals surface area contributed by atoms with Crippen molar-refractivity contribution in [3.63, 3.8) is 0 Å². The van der Waals surface area contributed by atoms with E-state index in [1.165, 1.54) is 37.7 Å². The van der Waals surface area contributed by atoms with Crippen molar-refractivity contribution in [1.82, 2.24) is 0 Å². The molecule has 0 unspecified atom stereocenters. The van der Waals surface area contributed by atoms with Gasteiger partial charge in [0.05, 0.1) is 0 Å².